The fourth-order valence-electron chi connectivity index (χ4n) is 2.82. The lowest BCUT2D eigenvalue weighted by molar-refractivity contribution is 0.103. The van der Waals surface area contributed by atoms with Crippen molar-refractivity contribution in [2.45, 2.75) is 13.8 Å². The number of hydrogen-bond donors (Lipinski definition) is 1. The lowest BCUT2D eigenvalue weighted by Crippen LogP contribution is -2.17. The Hall–Kier alpha value is -3.08. The van der Waals surface area contributed by atoms with Crippen LogP contribution in [-0.4, -0.2) is 17.6 Å². The molecule has 0 fully saturated rings. The molecule has 0 unspecified atom stereocenters. The molecule has 0 saturated carbocycles. The van der Waals surface area contributed by atoms with E-state index in [0.717, 1.165) is 11.1 Å². The Bertz CT molecular complexity index is 1050. The van der Waals surface area contributed by atoms with Crippen molar-refractivity contribution in [3.63, 3.8) is 0 Å². The van der Waals surface area contributed by atoms with Gasteiger partial charge in [-0.1, -0.05) is 12.1 Å². The molecule has 1 aromatic heterocycles. The molecule has 0 aliphatic carbocycles. The van der Waals surface area contributed by atoms with Crippen molar-refractivity contribution in [2.75, 3.05) is 6.79 Å². The molecule has 5 heteroatoms. The third-order valence-corrected chi connectivity index (χ3v) is 4.39. The van der Waals surface area contributed by atoms with E-state index >= 15 is 0 Å². The minimum Gasteiger partial charge on any atom is -0.454 e. The van der Waals surface area contributed by atoms with Gasteiger partial charge in [-0.15, -0.1) is 0 Å². The Kier molecular flexibility index (Phi) is 3.16. The van der Waals surface area contributed by atoms with Crippen LogP contribution in [0, 0.1) is 13.8 Å². The summed E-state index contributed by atoms with van der Waals surface area (Å²) < 4.78 is 10.6. The second-order valence-corrected chi connectivity index (χ2v) is 5.91. The summed E-state index contributed by atoms with van der Waals surface area (Å²) in [6.45, 7) is 4.06. The van der Waals surface area contributed by atoms with Gasteiger partial charge < -0.3 is 14.5 Å². The fraction of sp³-hybridized carbons (Fsp3) is 0.158. The van der Waals surface area contributed by atoms with Crippen LogP contribution in [0.5, 0.6) is 11.5 Å². The van der Waals surface area contributed by atoms with E-state index in [2.05, 4.69) is 4.98 Å². The third-order valence-electron chi connectivity index (χ3n) is 4.39. The summed E-state index contributed by atoms with van der Waals surface area (Å²) in [6.07, 6.45) is 1.46. The van der Waals surface area contributed by atoms with Crippen LogP contribution in [0.25, 0.3) is 10.9 Å². The Morgan fingerprint density at radius 3 is 2.54 bits per heavy atom. The molecule has 0 amide bonds. The molecule has 0 bridgehead atoms. The molecular weight excluding hydrogens is 306 g/mol. The maximum atomic E-state index is 12.8. The van der Waals surface area contributed by atoms with Gasteiger partial charge >= 0.3 is 0 Å². The highest BCUT2D eigenvalue weighted by Crippen LogP contribution is 2.34. The standard InChI is InChI=1S/C19H15NO4/c1-10-3-4-12(5-11(10)2)18(21)14-8-20-15-7-17-16(23-9-24-17)6-13(15)19(14)22/h3-8H,9H2,1-2H3,(H,20,22). The van der Waals surface area contributed by atoms with E-state index < -0.39 is 0 Å². The fourth-order valence-corrected chi connectivity index (χ4v) is 2.82. The van der Waals surface area contributed by atoms with Crippen LogP contribution in [0.4, 0.5) is 0 Å². The molecule has 1 aliphatic heterocycles. The zero-order chi connectivity index (χ0) is 16.8. The quantitative estimate of drug-likeness (QED) is 0.736. The molecule has 4 rings (SSSR count). The van der Waals surface area contributed by atoms with Gasteiger partial charge in [0, 0.05) is 17.8 Å². The number of carbonyl (C=O) groups is 1. The predicted octanol–water partition coefficient (Wildman–Crippen LogP) is 3.10. The molecule has 2 heterocycles. The largest absolute Gasteiger partial charge is 0.454 e. The van der Waals surface area contributed by atoms with Gasteiger partial charge in [-0.2, -0.15) is 0 Å². The number of nitrogens with one attached hydrogen (secondary N) is 1. The van der Waals surface area contributed by atoms with Crippen molar-refractivity contribution in [1.29, 1.82) is 0 Å². The van der Waals surface area contributed by atoms with Gasteiger partial charge in [-0.3, -0.25) is 9.59 Å². The Morgan fingerprint density at radius 1 is 1.04 bits per heavy atom. The zero-order valence-corrected chi connectivity index (χ0v) is 13.3. The highest BCUT2D eigenvalue weighted by molar-refractivity contribution is 6.10. The number of ether oxygens (including phenoxy) is 2. The van der Waals surface area contributed by atoms with Crippen molar-refractivity contribution in [1.82, 2.24) is 4.98 Å². The van der Waals surface area contributed by atoms with Crippen molar-refractivity contribution in [3.8, 4) is 11.5 Å². The number of benzene rings is 2. The van der Waals surface area contributed by atoms with E-state index in [1.54, 1.807) is 24.3 Å². The van der Waals surface area contributed by atoms with E-state index in [1.165, 1.54) is 6.20 Å². The Balaban J connectivity index is 1.86. The zero-order valence-electron chi connectivity index (χ0n) is 13.3. The van der Waals surface area contributed by atoms with Gasteiger partial charge in [0.25, 0.3) is 0 Å². The number of ketones is 1. The second kappa shape index (κ2) is 5.23. The summed E-state index contributed by atoms with van der Waals surface area (Å²) in [4.78, 5) is 28.5. The van der Waals surface area contributed by atoms with Gasteiger partial charge in [-0.25, -0.2) is 0 Å². The Morgan fingerprint density at radius 2 is 1.79 bits per heavy atom. The number of rotatable bonds is 2. The topological polar surface area (TPSA) is 68.4 Å². The van der Waals surface area contributed by atoms with Crippen LogP contribution < -0.4 is 14.9 Å². The van der Waals surface area contributed by atoms with Crippen molar-refractivity contribution in [2.24, 2.45) is 0 Å². The van der Waals surface area contributed by atoms with E-state index in [0.29, 0.717) is 28.0 Å². The first-order valence-corrected chi connectivity index (χ1v) is 7.61. The average Bonchev–Trinajstić information content (AvgIpc) is 3.03. The summed E-state index contributed by atoms with van der Waals surface area (Å²) in [5.41, 5.74) is 3.03. The normalized spacial score (nSPS) is 12.6. The lowest BCUT2D eigenvalue weighted by Gasteiger charge is -2.06. The number of pyridine rings is 1. The van der Waals surface area contributed by atoms with Gasteiger partial charge in [0.05, 0.1) is 16.5 Å². The van der Waals surface area contributed by atoms with Crippen LogP contribution in [0.2, 0.25) is 0 Å². The molecule has 5 nitrogen and oxygen atoms in total. The second-order valence-electron chi connectivity index (χ2n) is 5.91. The molecule has 1 aliphatic rings. The number of aromatic nitrogens is 1. The van der Waals surface area contributed by atoms with Crippen LogP contribution in [0.1, 0.15) is 27.0 Å². The first-order chi connectivity index (χ1) is 11.5. The van der Waals surface area contributed by atoms with Gasteiger partial charge in [-0.05, 0) is 37.1 Å². The average molecular weight is 321 g/mol. The summed E-state index contributed by atoms with van der Waals surface area (Å²) in [6, 6.07) is 8.77. The smallest absolute Gasteiger partial charge is 0.231 e. The number of hydrogen-bond acceptors (Lipinski definition) is 4. The minimum atomic E-state index is -0.315. The molecule has 0 radical (unpaired) electrons. The lowest BCUT2D eigenvalue weighted by atomic mass is 9.99. The number of fused-ring (bicyclic) bond motifs is 2. The Labute approximate surface area is 137 Å². The van der Waals surface area contributed by atoms with Crippen LogP contribution in [0.15, 0.2) is 41.3 Å². The van der Waals surface area contributed by atoms with Crippen molar-refractivity contribution in [3.05, 3.63) is 69.0 Å². The molecule has 120 valence electrons. The number of aromatic amines is 1. The number of carbonyl (C=O) groups excluding carboxylic acids is 1. The highest BCUT2D eigenvalue weighted by Gasteiger charge is 2.19. The maximum absolute atomic E-state index is 12.8. The van der Waals surface area contributed by atoms with E-state index in [1.807, 2.05) is 19.9 Å². The molecular formula is C19H15NO4. The maximum Gasteiger partial charge on any atom is 0.231 e. The molecule has 24 heavy (non-hydrogen) atoms. The molecule has 3 aromatic rings. The SMILES string of the molecule is Cc1ccc(C(=O)c2c[nH]c3cc4c(cc3c2=O)OCO4)cc1C. The summed E-state index contributed by atoms with van der Waals surface area (Å²) in [5, 5.41) is 0.411. The van der Waals surface area contributed by atoms with Crippen molar-refractivity contribution < 1.29 is 14.3 Å². The summed E-state index contributed by atoms with van der Waals surface area (Å²) in [5.74, 6) is 0.814. The molecule has 1 N–H and O–H groups in total. The number of H-pyrrole nitrogens is 1. The molecule has 0 saturated heterocycles. The molecule has 2 aromatic carbocycles. The van der Waals surface area contributed by atoms with E-state index in [9.17, 15) is 9.59 Å². The monoisotopic (exact) mass is 321 g/mol. The predicted molar refractivity (Wildman–Crippen MR) is 90.0 cm³/mol. The van der Waals surface area contributed by atoms with Crippen LogP contribution in [0.3, 0.4) is 0 Å². The van der Waals surface area contributed by atoms with Crippen molar-refractivity contribution >= 4 is 16.7 Å². The van der Waals surface area contributed by atoms with Gasteiger partial charge in [0.2, 0.25) is 12.2 Å². The summed E-state index contributed by atoms with van der Waals surface area (Å²) in [7, 11) is 0. The molecule has 0 atom stereocenters. The van der Waals surface area contributed by atoms with E-state index in [4.69, 9.17) is 9.47 Å². The first kappa shape index (κ1) is 14.5. The van der Waals surface area contributed by atoms with Gasteiger partial charge in [0.15, 0.2) is 17.3 Å². The van der Waals surface area contributed by atoms with Gasteiger partial charge in [0.1, 0.15) is 0 Å². The first-order valence-electron chi connectivity index (χ1n) is 7.61. The summed E-state index contributed by atoms with van der Waals surface area (Å²) >= 11 is 0. The third kappa shape index (κ3) is 2.17. The number of aryl methyl sites for hydroxylation is 2. The van der Waals surface area contributed by atoms with Crippen LogP contribution in [-0.2, 0) is 0 Å². The highest BCUT2D eigenvalue weighted by atomic mass is 16.7. The van der Waals surface area contributed by atoms with Crippen LogP contribution >= 0.6 is 0 Å². The molecule has 0 spiro atoms. The van der Waals surface area contributed by atoms with E-state index in [-0.39, 0.29) is 23.6 Å². The minimum absolute atomic E-state index is 0.115.